The molecule has 0 radical (unpaired) electrons. The Hall–Kier alpha value is -0.550. The lowest BCUT2D eigenvalue weighted by Crippen LogP contribution is -2.42. The monoisotopic (exact) mass is 363 g/mol. The Morgan fingerprint density at radius 1 is 1.33 bits per heavy atom. The van der Waals surface area contributed by atoms with Crippen molar-refractivity contribution in [2.75, 3.05) is 13.1 Å². The average Bonchev–Trinajstić information content (AvgIpc) is 2.39. The summed E-state index contributed by atoms with van der Waals surface area (Å²) in [5, 5.41) is 3.38. The summed E-state index contributed by atoms with van der Waals surface area (Å²) >= 11 is 3.58. The molecule has 1 aliphatic rings. The molecule has 2 rings (SSSR count). The summed E-state index contributed by atoms with van der Waals surface area (Å²) in [6, 6.07) is 8.03. The third-order valence-corrected chi connectivity index (χ3v) is 5.27. The van der Waals surface area contributed by atoms with E-state index in [1.54, 1.807) is 0 Å². The minimum atomic E-state index is -4.05. The molecule has 1 fully saturated rings. The Kier molecular flexibility index (Phi) is 5.36. The number of hydrogen-bond acceptors (Lipinski definition) is 1. The lowest BCUT2D eigenvalue weighted by molar-refractivity contribution is -0.137. The third-order valence-electron chi connectivity index (χ3n) is 4.55. The molecule has 1 aromatic rings. The summed E-state index contributed by atoms with van der Waals surface area (Å²) in [7, 11) is 0. The van der Waals surface area contributed by atoms with E-state index in [1.165, 1.54) is 5.56 Å². The lowest BCUT2D eigenvalue weighted by atomic mass is 9.66. The molecule has 0 spiro atoms. The Bertz CT molecular complexity index is 475. The first kappa shape index (κ1) is 16.8. The zero-order chi connectivity index (χ0) is 15.5. The van der Waals surface area contributed by atoms with E-state index in [2.05, 4.69) is 34.2 Å². The molecule has 0 aliphatic carbocycles. The molecule has 1 N–H and O–H groups in total. The van der Waals surface area contributed by atoms with E-state index in [0.717, 1.165) is 24.0 Å². The second-order valence-corrected chi connectivity index (χ2v) is 7.01. The molecule has 1 heterocycles. The molecule has 0 saturated carbocycles. The predicted octanol–water partition coefficient (Wildman–Crippen LogP) is 5.26. The smallest absolute Gasteiger partial charge is 0.316 e. The Morgan fingerprint density at radius 2 is 2.05 bits per heavy atom. The Labute approximate surface area is 132 Å². The number of benzene rings is 1. The van der Waals surface area contributed by atoms with Crippen molar-refractivity contribution in [3.05, 3.63) is 34.3 Å². The minimum Gasteiger partial charge on any atom is -0.316 e. The van der Waals surface area contributed by atoms with Crippen molar-refractivity contribution in [2.45, 2.75) is 44.7 Å². The van der Waals surface area contributed by atoms with Gasteiger partial charge in [0.1, 0.15) is 0 Å². The fraction of sp³-hybridized carbons (Fsp3) is 0.625. The van der Waals surface area contributed by atoms with Gasteiger partial charge in [0.15, 0.2) is 0 Å². The van der Waals surface area contributed by atoms with Crippen molar-refractivity contribution < 1.29 is 13.2 Å². The van der Waals surface area contributed by atoms with Crippen molar-refractivity contribution in [2.24, 2.45) is 5.41 Å². The van der Waals surface area contributed by atoms with Gasteiger partial charge in [-0.05, 0) is 42.9 Å². The van der Waals surface area contributed by atoms with E-state index in [4.69, 9.17) is 0 Å². The van der Waals surface area contributed by atoms with Crippen molar-refractivity contribution in [3.63, 3.8) is 0 Å². The minimum absolute atomic E-state index is 0.0830. The molecule has 0 bridgehead atoms. The summed E-state index contributed by atoms with van der Waals surface area (Å²) < 4.78 is 38.2. The highest BCUT2D eigenvalue weighted by Crippen LogP contribution is 2.46. The first-order valence-electron chi connectivity index (χ1n) is 7.34. The molecule has 0 amide bonds. The highest BCUT2D eigenvalue weighted by atomic mass is 79.9. The van der Waals surface area contributed by atoms with E-state index < -0.39 is 12.6 Å². The summed E-state index contributed by atoms with van der Waals surface area (Å²) in [5.41, 5.74) is 1.11. The second kappa shape index (κ2) is 6.69. The quantitative estimate of drug-likeness (QED) is 0.768. The maximum Gasteiger partial charge on any atom is 0.389 e. The average molecular weight is 364 g/mol. The van der Waals surface area contributed by atoms with Crippen LogP contribution in [0, 0.1) is 5.41 Å². The van der Waals surface area contributed by atoms with Gasteiger partial charge in [-0.2, -0.15) is 13.2 Å². The molecule has 5 heteroatoms. The topological polar surface area (TPSA) is 12.0 Å². The lowest BCUT2D eigenvalue weighted by Gasteiger charge is -2.43. The maximum absolute atomic E-state index is 12.4. The van der Waals surface area contributed by atoms with Gasteiger partial charge in [0.25, 0.3) is 0 Å². The van der Waals surface area contributed by atoms with Gasteiger partial charge in [-0.1, -0.05) is 41.1 Å². The van der Waals surface area contributed by atoms with E-state index in [-0.39, 0.29) is 17.8 Å². The highest BCUT2D eigenvalue weighted by molar-refractivity contribution is 9.10. The van der Waals surface area contributed by atoms with E-state index in [1.807, 2.05) is 18.2 Å². The van der Waals surface area contributed by atoms with Crippen molar-refractivity contribution >= 4 is 15.9 Å². The summed E-state index contributed by atoms with van der Waals surface area (Å²) in [6.07, 6.45) is -3.00. The molecule has 1 nitrogen and oxygen atoms in total. The molecule has 2 unspecified atom stereocenters. The van der Waals surface area contributed by atoms with Crippen LogP contribution in [0.5, 0.6) is 0 Å². The standard InChI is InChI=1S/C16H21BrF3N/c1-15(7-4-8-16(18,19)20)9-10-21-11-13(15)12-5-2-3-6-14(12)17/h2-3,5-6,13,21H,4,7-11H2,1H3. The summed E-state index contributed by atoms with van der Waals surface area (Å²) in [5.74, 6) is 0.245. The van der Waals surface area contributed by atoms with Crippen molar-refractivity contribution in [1.29, 1.82) is 0 Å². The van der Waals surface area contributed by atoms with Crippen LogP contribution in [0.25, 0.3) is 0 Å². The number of piperidine rings is 1. The first-order valence-corrected chi connectivity index (χ1v) is 8.13. The molecule has 0 aromatic heterocycles. The van der Waals surface area contributed by atoms with E-state index >= 15 is 0 Å². The summed E-state index contributed by atoms with van der Waals surface area (Å²) in [6.45, 7) is 3.84. The molecule has 1 aliphatic heterocycles. The molecular weight excluding hydrogens is 343 g/mol. The number of halogens is 4. The van der Waals surface area contributed by atoms with Crippen molar-refractivity contribution in [3.8, 4) is 0 Å². The van der Waals surface area contributed by atoms with Crippen LogP contribution in [0.15, 0.2) is 28.7 Å². The number of nitrogens with one attached hydrogen (secondary N) is 1. The van der Waals surface area contributed by atoms with Crippen molar-refractivity contribution in [1.82, 2.24) is 5.32 Å². The van der Waals surface area contributed by atoms with Gasteiger partial charge in [0.05, 0.1) is 0 Å². The van der Waals surface area contributed by atoms with Crippen LogP contribution in [0.4, 0.5) is 13.2 Å². The van der Waals surface area contributed by atoms with Crippen LogP contribution in [0.2, 0.25) is 0 Å². The largest absolute Gasteiger partial charge is 0.389 e. The molecule has 21 heavy (non-hydrogen) atoms. The van der Waals surface area contributed by atoms with Gasteiger partial charge in [-0.3, -0.25) is 0 Å². The SMILES string of the molecule is CC1(CCCC(F)(F)F)CCNCC1c1ccccc1Br. The van der Waals surface area contributed by atoms with Crippen LogP contribution >= 0.6 is 15.9 Å². The van der Waals surface area contributed by atoms with Crippen LogP contribution in [0.1, 0.15) is 44.1 Å². The van der Waals surface area contributed by atoms with Crippen LogP contribution < -0.4 is 5.32 Å². The maximum atomic E-state index is 12.4. The normalized spacial score (nSPS) is 26.8. The summed E-state index contributed by atoms with van der Waals surface area (Å²) in [4.78, 5) is 0. The third kappa shape index (κ3) is 4.46. The molecule has 1 saturated heterocycles. The van der Waals surface area contributed by atoms with Gasteiger partial charge >= 0.3 is 6.18 Å². The van der Waals surface area contributed by atoms with Crippen LogP contribution in [0.3, 0.4) is 0 Å². The van der Waals surface area contributed by atoms with Gasteiger partial charge < -0.3 is 5.32 Å². The van der Waals surface area contributed by atoms with Gasteiger partial charge in [-0.25, -0.2) is 0 Å². The predicted molar refractivity (Wildman–Crippen MR) is 82.4 cm³/mol. The molecule has 2 atom stereocenters. The number of rotatable bonds is 4. The zero-order valence-corrected chi connectivity index (χ0v) is 13.7. The van der Waals surface area contributed by atoms with Gasteiger partial charge in [0, 0.05) is 23.4 Å². The fourth-order valence-corrected chi connectivity index (χ4v) is 3.84. The van der Waals surface area contributed by atoms with E-state index in [0.29, 0.717) is 6.42 Å². The van der Waals surface area contributed by atoms with E-state index in [9.17, 15) is 13.2 Å². The van der Waals surface area contributed by atoms with Gasteiger partial charge in [0.2, 0.25) is 0 Å². The fourth-order valence-electron chi connectivity index (χ4n) is 3.28. The number of alkyl halides is 3. The molecule has 118 valence electrons. The number of hydrogen-bond donors (Lipinski definition) is 1. The Morgan fingerprint density at radius 3 is 2.71 bits per heavy atom. The molecule has 1 aromatic carbocycles. The van der Waals surface area contributed by atoms with Gasteiger partial charge in [-0.15, -0.1) is 0 Å². The zero-order valence-electron chi connectivity index (χ0n) is 12.1. The highest BCUT2D eigenvalue weighted by Gasteiger charge is 2.38. The van der Waals surface area contributed by atoms with Crippen LogP contribution in [-0.2, 0) is 0 Å². The first-order chi connectivity index (χ1) is 9.82. The Balaban J connectivity index is 2.12. The molecular formula is C16H21BrF3N. The second-order valence-electron chi connectivity index (χ2n) is 6.15. The van der Waals surface area contributed by atoms with Crippen LogP contribution in [-0.4, -0.2) is 19.3 Å².